The van der Waals surface area contributed by atoms with E-state index in [4.69, 9.17) is 10.5 Å². The molecule has 1 heterocycles. The van der Waals surface area contributed by atoms with E-state index < -0.39 is 15.9 Å². The van der Waals surface area contributed by atoms with E-state index in [1.165, 1.54) is 7.11 Å². The molecule has 12 nitrogen and oxygen atoms in total. The van der Waals surface area contributed by atoms with Crippen LogP contribution in [-0.2, 0) is 14.8 Å². The lowest BCUT2D eigenvalue weighted by molar-refractivity contribution is -0.112. The molecule has 1 aromatic heterocycles. The summed E-state index contributed by atoms with van der Waals surface area (Å²) in [6.45, 7) is 5.37. The van der Waals surface area contributed by atoms with Crippen LogP contribution in [0.15, 0.2) is 55.2 Å². The minimum absolute atomic E-state index is 0.152. The van der Waals surface area contributed by atoms with Crippen molar-refractivity contribution in [3.8, 4) is 5.75 Å². The summed E-state index contributed by atoms with van der Waals surface area (Å²) >= 11 is 0. The molecule has 0 radical (unpaired) electrons. The quantitative estimate of drug-likeness (QED) is 0.232. The van der Waals surface area contributed by atoms with Crippen molar-refractivity contribution in [2.24, 2.45) is 5.73 Å². The van der Waals surface area contributed by atoms with Gasteiger partial charge in [-0.25, -0.2) is 13.4 Å². The zero-order valence-corrected chi connectivity index (χ0v) is 23.5. The highest BCUT2D eigenvalue weighted by Crippen LogP contribution is 2.37. The maximum absolute atomic E-state index is 12.1. The predicted octanol–water partition coefficient (Wildman–Crippen LogP) is 2.84. The molecule has 0 aliphatic heterocycles. The third kappa shape index (κ3) is 8.06. The zero-order chi connectivity index (χ0) is 28.7. The molecule has 0 atom stereocenters. The molecule has 2 aromatic carbocycles. The van der Waals surface area contributed by atoms with Crippen molar-refractivity contribution in [2.45, 2.75) is 0 Å². The van der Waals surface area contributed by atoms with Gasteiger partial charge in [-0.3, -0.25) is 9.52 Å². The average molecular weight is 555 g/mol. The van der Waals surface area contributed by atoms with Crippen LogP contribution in [0.2, 0.25) is 0 Å². The second-order valence-corrected chi connectivity index (χ2v) is 10.8. The molecule has 0 spiro atoms. The number of nitrogens with two attached hydrogens (primary N) is 1. The Balaban J connectivity index is 1.95. The smallest absolute Gasteiger partial charge is 0.248 e. The summed E-state index contributed by atoms with van der Waals surface area (Å²) in [5.74, 6) is 0.497. The van der Waals surface area contributed by atoms with Crippen molar-refractivity contribution in [3.63, 3.8) is 0 Å². The average Bonchev–Trinajstić information content (AvgIpc) is 2.87. The number of benzene rings is 2. The number of hydrogen-bond donors (Lipinski definition) is 4. The van der Waals surface area contributed by atoms with Crippen LogP contribution in [0.5, 0.6) is 5.75 Å². The van der Waals surface area contributed by atoms with Gasteiger partial charge in [-0.15, -0.1) is 0 Å². The second-order valence-electron chi connectivity index (χ2n) is 9.07. The minimum atomic E-state index is -3.48. The van der Waals surface area contributed by atoms with Crippen molar-refractivity contribution in [1.82, 2.24) is 14.9 Å². The number of para-hydroxylation sites is 2. The molecule has 0 aliphatic rings. The molecular weight excluding hydrogens is 520 g/mol. The Bertz CT molecular complexity index is 1460. The summed E-state index contributed by atoms with van der Waals surface area (Å²) < 4.78 is 31.6. The monoisotopic (exact) mass is 554 g/mol. The first-order valence-corrected chi connectivity index (χ1v) is 13.8. The van der Waals surface area contributed by atoms with Gasteiger partial charge in [0.25, 0.3) is 0 Å². The number of ether oxygens (including phenoxy) is 1. The van der Waals surface area contributed by atoms with Gasteiger partial charge >= 0.3 is 0 Å². The molecule has 3 aromatic rings. The summed E-state index contributed by atoms with van der Waals surface area (Å²) in [5, 5.41) is 6.24. The molecule has 0 saturated carbocycles. The van der Waals surface area contributed by atoms with Gasteiger partial charge in [0, 0.05) is 49.2 Å². The number of likely N-dealkylation sites (N-methyl/N-ethyl adjacent to an activating group) is 2. The zero-order valence-electron chi connectivity index (χ0n) is 22.6. The maximum Gasteiger partial charge on any atom is 0.248 e. The number of carbonyl (C=O) groups is 1. The molecule has 5 N–H and O–H groups in total. The van der Waals surface area contributed by atoms with E-state index in [0.717, 1.165) is 18.5 Å². The Morgan fingerprint density at radius 3 is 2.36 bits per heavy atom. The number of nitrogens with zero attached hydrogens (tertiary/aromatic N) is 4. The molecule has 3 rings (SSSR count). The Hall–Kier alpha value is -4.36. The number of nitrogens with one attached hydrogen (secondary N) is 3. The largest absolute Gasteiger partial charge is 0.494 e. The van der Waals surface area contributed by atoms with Gasteiger partial charge in [-0.1, -0.05) is 18.7 Å². The highest BCUT2D eigenvalue weighted by molar-refractivity contribution is 7.92. The molecular formula is C26H34N8O4S. The van der Waals surface area contributed by atoms with Crippen molar-refractivity contribution in [1.29, 1.82) is 0 Å². The van der Waals surface area contributed by atoms with Crippen LogP contribution in [-0.4, -0.2) is 76.8 Å². The number of aromatic nitrogens is 2. The van der Waals surface area contributed by atoms with Crippen LogP contribution in [0, 0.1) is 0 Å². The van der Waals surface area contributed by atoms with Crippen molar-refractivity contribution in [3.05, 3.63) is 60.8 Å². The SMILES string of the molecule is C=C(C(N)=O)c1cc(Nc2nccc(Nc3ccccc3NS(C)(=O)=O)n2)c(OC)cc1N(C)CCN(C)C. The fraction of sp³-hybridized carbons (Fsp3) is 0.269. The van der Waals surface area contributed by atoms with Crippen LogP contribution < -0.4 is 30.7 Å². The number of methoxy groups -OCH3 is 1. The number of hydrogen-bond acceptors (Lipinski definition) is 10. The summed E-state index contributed by atoms with van der Waals surface area (Å²) in [6.07, 6.45) is 2.62. The molecule has 1 amide bonds. The van der Waals surface area contributed by atoms with Crippen molar-refractivity contribution in [2.75, 3.05) is 67.9 Å². The van der Waals surface area contributed by atoms with E-state index in [2.05, 4.69) is 36.8 Å². The molecule has 0 fully saturated rings. The number of amides is 1. The number of carbonyl (C=O) groups excluding carboxylic acids is 1. The number of primary amides is 1. The van der Waals surface area contributed by atoms with E-state index in [0.29, 0.717) is 40.7 Å². The van der Waals surface area contributed by atoms with Gasteiger partial charge in [0.05, 0.1) is 30.4 Å². The van der Waals surface area contributed by atoms with Crippen molar-refractivity contribution >= 4 is 56.0 Å². The molecule has 13 heteroatoms. The van der Waals surface area contributed by atoms with Crippen molar-refractivity contribution < 1.29 is 17.9 Å². The third-order valence-electron chi connectivity index (χ3n) is 5.62. The van der Waals surface area contributed by atoms with Crippen LogP contribution in [0.4, 0.5) is 34.5 Å². The van der Waals surface area contributed by atoms with Gasteiger partial charge in [-0.05, 0) is 38.4 Å². The number of anilines is 6. The normalized spacial score (nSPS) is 11.1. The van der Waals surface area contributed by atoms with Crippen LogP contribution in [0.25, 0.3) is 5.57 Å². The molecule has 0 saturated heterocycles. The summed E-state index contributed by atoms with van der Waals surface area (Å²) in [4.78, 5) is 24.9. The highest BCUT2D eigenvalue weighted by atomic mass is 32.2. The minimum Gasteiger partial charge on any atom is -0.494 e. The number of rotatable bonds is 13. The van der Waals surface area contributed by atoms with Gasteiger partial charge < -0.3 is 30.9 Å². The number of sulfonamides is 1. The lowest BCUT2D eigenvalue weighted by Crippen LogP contribution is -2.29. The van der Waals surface area contributed by atoms with Gasteiger partial charge in [-0.2, -0.15) is 4.98 Å². The molecule has 0 unspecified atom stereocenters. The summed E-state index contributed by atoms with van der Waals surface area (Å²) in [5.41, 5.74) is 8.39. The molecule has 0 bridgehead atoms. The summed E-state index contributed by atoms with van der Waals surface area (Å²) in [7, 11) is 3.94. The van der Waals surface area contributed by atoms with E-state index in [1.54, 1.807) is 48.7 Å². The molecule has 0 aliphatic carbocycles. The fourth-order valence-electron chi connectivity index (χ4n) is 3.62. The lowest BCUT2D eigenvalue weighted by Gasteiger charge is -2.26. The second kappa shape index (κ2) is 12.5. The van der Waals surface area contributed by atoms with Gasteiger partial charge in [0.1, 0.15) is 11.6 Å². The van der Waals surface area contributed by atoms with E-state index >= 15 is 0 Å². The Labute approximate surface area is 228 Å². The Morgan fingerprint density at radius 1 is 1.05 bits per heavy atom. The van der Waals surface area contributed by atoms with E-state index in [9.17, 15) is 13.2 Å². The van der Waals surface area contributed by atoms with Crippen LogP contribution in [0.3, 0.4) is 0 Å². The van der Waals surface area contributed by atoms with Crippen LogP contribution >= 0.6 is 0 Å². The first kappa shape index (κ1) is 29.2. The van der Waals surface area contributed by atoms with Gasteiger partial charge in [0.2, 0.25) is 21.9 Å². The molecule has 39 heavy (non-hydrogen) atoms. The maximum atomic E-state index is 12.1. The first-order chi connectivity index (χ1) is 18.4. The lowest BCUT2D eigenvalue weighted by atomic mass is 10.0. The third-order valence-corrected chi connectivity index (χ3v) is 6.21. The topological polar surface area (TPSA) is 155 Å². The van der Waals surface area contributed by atoms with E-state index in [-0.39, 0.29) is 11.5 Å². The van der Waals surface area contributed by atoms with E-state index in [1.807, 2.05) is 26.0 Å². The Morgan fingerprint density at radius 2 is 1.74 bits per heavy atom. The van der Waals surface area contributed by atoms with Gasteiger partial charge in [0.15, 0.2) is 0 Å². The molecule has 208 valence electrons. The predicted molar refractivity (Wildman–Crippen MR) is 157 cm³/mol. The Kier molecular flexibility index (Phi) is 9.33. The fourth-order valence-corrected chi connectivity index (χ4v) is 4.20. The summed E-state index contributed by atoms with van der Waals surface area (Å²) in [6, 6.07) is 12.0. The van der Waals surface area contributed by atoms with Crippen LogP contribution in [0.1, 0.15) is 5.56 Å². The standard InChI is InChI=1S/C26H34N8O4S/c1-17(25(27)35)18-15-21(23(38-5)16-22(18)34(4)14-13-33(2)3)30-26-28-12-11-24(31-26)29-19-9-7-8-10-20(19)32-39(6,36)37/h7-12,15-16,32H,1,13-14H2,2-6H3,(H2,27,35)(H2,28,29,30,31). The first-order valence-electron chi connectivity index (χ1n) is 11.9. The highest BCUT2D eigenvalue weighted by Gasteiger charge is 2.19.